The third kappa shape index (κ3) is 3.45. The molecule has 1 rings (SSSR count). The SMILES string of the molecule is CCC(N)C(=O)N[C@@H](C(=O)O)c1ccccc1Cl. The van der Waals surface area contributed by atoms with Gasteiger partial charge in [-0.05, 0) is 12.5 Å². The first-order valence-electron chi connectivity index (χ1n) is 5.50. The second-order valence-corrected chi connectivity index (χ2v) is 4.22. The molecule has 0 bridgehead atoms. The maximum atomic E-state index is 11.6. The van der Waals surface area contributed by atoms with Crippen LogP contribution in [-0.2, 0) is 9.59 Å². The Morgan fingerprint density at radius 1 is 1.44 bits per heavy atom. The summed E-state index contributed by atoms with van der Waals surface area (Å²) >= 11 is 5.91. The Morgan fingerprint density at radius 2 is 2.06 bits per heavy atom. The van der Waals surface area contributed by atoms with Gasteiger partial charge in [-0.1, -0.05) is 36.7 Å². The molecule has 4 N–H and O–H groups in total. The van der Waals surface area contributed by atoms with Crippen molar-refractivity contribution in [3.63, 3.8) is 0 Å². The van der Waals surface area contributed by atoms with Crippen LogP contribution in [0.25, 0.3) is 0 Å². The molecule has 0 aliphatic heterocycles. The van der Waals surface area contributed by atoms with Crippen molar-refractivity contribution in [1.82, 2.24) is 5.32 Å². The van der Waals surface area contributed by atoms with Gasteiger partial charge in [0.15, 0.2) is 6.04 Å². The number of nitrogens with one attached hydrogen (secondary N) is 1. The van der Waals surface area contributed by atoms with Gasteiger partial charge in [-0.3, -0.25) is 4.79 Å². The van der Waals surface area contributed by atoms with Gasteiger partial charge in [0.1, 0.15) is 0 Å². The fourth-order valence-electron chi connectivity index (χ4n) is 1.42. The first-order valence-corrected chi connectivity index (χ1v) is 5.88. The molecule has 1 aromatic rings. The number of carboxylic acids is 1. The first-order chi connectivity index (χ1) is 8.47. The Hall–Kier alpha value is -1.59. The molecule has 1 aromatic carbocycles. The van der Waals surface area contributed by atoms with Crippen molar-refractivity contribution in [3.05, 3.63) is 34.9 Å². The van der Waals surface area contributed by atoms with Gasteiger partial charge < -0.3 is 16.2 Å². The van der Waals surface area contributed by atoms with E-state index in [1.54, 1.807) is 31.2 Å². The highest BCUT2D eigenvalue weighted by Crippen LogP contribution is 2.22. The van der Waals surface area contributed by atoms with Crippen LogP contribution in [0.4, 0.5) is 0 Å². The van der Waals surface area contributed by atoms with E-state index in [0.29, 0.717) is 12.0 Å². The third-order valence-electron chi connectivity index (χ3n) is 2.53. The molecule has 1 amide bonds. The van der Waals surface area contributed by atoms with Crippen molar-refractivity contribution in [3.8, 4) is 0 Å². The number of hydrogen-bond acceptors (Lipinski definition) is 3. The predicted molar refractivity (Wildman–Crippen MR) is 68.2 cm³/mol. The van der Waals surface area contributed by atoms with E-state index in [4.69, 9.17) is 22.4 Å². The van der Waals surface area contributed by atoms with E-state index in [-0.39, 0.29) is 5.02 Å². The van der Waals surface area contributed by atoms with Gasteiger partial charge in [0, 0.05) is 10.6 Å². The molecule has 0 aliphatic carbocycles. The lowest BCUT2D eigenvalue weighted by atomic mass is 10.1. The number of rotatable bonds is 5. The average Bonchev–Trinajstić information content (AvgIpc) is 2.35. The van der Waals surface area contributed by atoms with Crippen LogP contribution in [0.15, 0.2) is 24.3 Å². The molecular weight excluding hydrogens is 256 g/mol. The van der Waals surface area contributed by atoms with Crippen LogP contribution in [0.1, 0.15) is 24.9 Å². The smallest absolute Gasteiger partial charge is 0.330 e. The summed E-state index contributed by atoms with van der Waals surface area (Å²) in [5.41, 5.74) is 5.88. The Bertz CT molecular complexity index is 451. The number of hydrogen-bond donors (Lipinski definition) is 3. The van der Waals surface area contributed by atoms with Crippen LogP contribution < -0.4 is 11.1 Å². The van der Waals surface area contributed by atoms with Crippen molar-refractivity contribution in [2.24, 2.45) is 5.73 Å². The average molecular weight is 271 g/mol. The lowest BCUT2D eigenvalue weighted by Gasteiger charge is -2.18. The number of benzene rings is 1. The molecular formula is C12H15ClN2O3. The quantitative estimate of drug-likeness (QED) is 0.752. The van der Waals surface area contributed by atoms with Crippen molar-refractivity contribution in [2.45, 2.75) is 25.4 Å². The van der Waals surface area contributed by atoms with E-state index in [1.165, 1.54) is 0 Å². The van der Waals surface area contributed by atoms with Gasteiger partial charge in [0.05, 0.1) is 6.04 Å². The summed E-state index contributed by atoms with van der Waals surface area (Å²) in [6.45, 7) is 1.75. The predicted octanol–water partition coefficient (Wildman–Crippen LogP) is 1.32. The lowest BCUT2D eigenvalue weighted by Crippen LogP contribution is -2.44. The minimum Gasteiger partial charge on any atom is -0.479 e. The topological polar surface area (TPSA) is 92.4 Å². The van der Waals surface area contributed by atoms with E-state index >= 15 is 0 Å². The minimum absolute atomic E-state index is 0.287. The van der Waals surface area contributed by atoms with Crippen LogP contribution >= 0.6 is 11.6 Å². The number of carbonyl (C=O) groups excluding carboxylic acids is 1. The van der Waals surface area contributed by atoms with E-state index < -0.39 is 24.0 Å². The molecule has 2 atom stereocenters. The number of aliphatic carboxylic acids is 1. The summed E-state index contributed by atoms with van der Waals surface area (Å²) in [7, 11) is 0. The molecule has 0 spiro atoms. The van der Waals surface area contributed by atoms with E-state index in [9.17, 15) is 9.59 Å². The van der Waals surface area contributed by atoms with Crippen LogP contribution in [0.5, 0.6) is 0 Å². The highest BCUT2D eigenvalue weighted by molar-refractivity contribution is 6.31. The highest BCUT2D eigenvalue weighted by atomic mass is 35.5. The lowest BCUT2D eigenvalue weighted by molar-refractivity contribution is -0.142. The largest absolute Gasteiger partial charge is 0.479 e. The molecule has 18 heavy (non-hydrogen) atoms. The molecule has 5 nitrogen and oxygen atoms in total. The molecule has 0 aromatic heterocycles. The van der Waals surface area contributed by atoms with Crippen molar-refractivity contribution < 1.29 is 14.7 Å². The maximum absolute atomic E-state index is 11.6. The van der Waals surface area contributed by atoms with Gasteiger partial charge in [-0.2, -0.15) is 0 Å². The van der Waals surface area contributed by atoms with E-state index in [2.05, 4.69) is 5.32 Å². The Kier molecular flexibility index (Phi) is 5.12. The normalized spacial score (nSPS) is 13.7. The Balaban J connectivity index is 2.95. The second kappa shape index (κ2) is 6.37. The molecule has 98 valence electrons. The summed E-state index contributed by atoms with van der Waals surface area (Å²) in [6, 6.07) is 4.54. The van der Waals surface area contributed by atoms with Crippen LogP contribution in [-0.4, -0.2) is 23.0 Å². The van der Waals surface area contributed by atoms with Gasteiger partial charge in [0.2, 0.25) is 5.91 Å². The summed E-state index contributed by atoms with van der Waals surface area (Å²) < 4.78 is 0. The highest BCUT2D eigenvalue weighted by Gasteiger charge is 2.25. The van der Waals surface area contributed by atoms with Gasteiger partial charge in [-0.25, -0.2) is 4.79 Å². The summed E-state index contributed by atoms with van der Waals surface area (Å²) in [5, 5.41) is 11.8. The zero-order valence-corrected chi connectivity index (χ0v) is 10.6. The Labute approximate surface area is 110 Å². The van der Waals surface area contributed by atoms with Gasteiger partial charge in [-0.15, -0.1) is 0 Å². The van der Waals surface area contributed by atoms with Crippen LogP contribution in [0.2, 0.25) is 5.02 Å². The Morgan fingerprint density at radius 3 is 2.56 bits per heavy atom. The number of nitrogens with two attached hydrogens (primary N) is 1. The number of halogens is 1. The summed E-state index contributed by atoms with van der Waals surface area (Å²) in [4.78, 5) is 22.8. The van der Waals surface area contributed by atoms with Crippen molar-refractivity contribution in [1.29, 1.82) is 0 Å². The molecule has 0 aliphatic rings. The van der Waals surface area contributed by atoms with Crippen LogP contribution in [0.3, 0.4) is 0 Å². The number of amides is 1. The first kappa shape index (κ1) is 14.5. The number of carbonyl (C=O) groups is 2. The van der Waals surface area contributed by atoms with Crippen LogP contribution in [0, 0.1) is 0 Å². The molecule has 0 heterocycles. The van der Waals surface area contributed by atoms with E-state index in [1.807, 2.05) is 0 Å². The summed E-state index contributed by atoms with van der Waals surface area (Å²) in [6.07, 6.45) is 0.431. The third-order valence-corrected chi connectivity index (χ3v) is 2.87. The molecule has 0 saturated heterocycles. The molecule has 0 saturated carbocycles. The molecule has 0 radical (unpaired) electrons. The van der Waals surface area contributed by atoms with E-state index in [0.717, 1.165) is 0 Å². The second-order valence-electron chi connectivity index (χ2n) is 3.82. The maximum Gasteiger partial charge on any atom is 0.330 e. The van der Waals surface area contributed by atoms with Gasteiger partial charge >= 0.3 is 5.97 Å². The zero-order valence-electron chi connectivity index (χ0n) is 9.89. The monoisotopic (exact) mass is 270 g/mol. The van der Waals surface area contributed by atoms with Crippen molar-refractivity contribution >= 4 is 23.5 Å². The minimum atomic E-state index is -1.19. The zero-order chi connectivity index (χ0) is 13.7. The van der Waals surface area contributed by atoms with Gasteiger partial charge in [0.25, 0.3) is 0 Å². The molecule has 6 heteroatoms. The van der Waals surface area contributed by atoms with Crippen molar-refractivity contribution in [2.75, 3.05) is 0 Å². The fraction of sp³-hybridized carbons (Fsp3) is 0.333. The summed E-state index contributed by atoms with van der Waals surface area (Å²) in [5.74, 6) is -1.69. The number of carboxylic acid groups (broad SMARTS) is 1. The molecule has 1 unspecified atom stereocenters. The standard InChI is InChI=1S/C12H15ClN2O3/c1-2-9(14)11(16)15-10(12(17)18)7-5-3-4-6-8(7)13/h3-6,9-10H,2,14H2,1H3,(H,15,16)(H,17,18)/t9?,10-/m1/s1. The molecule has 0 fully saturated rings. The fourth-order valence-corrected chi connectivity index (χ4v) is 1.66.